The number of benzene rings is 1. The van der Waals surface area contributed by atoms with Gasteiger partial charge in [-0.1, -0.05) is 28.1 Å². The molecule has 1 aromatic carbocycles. The molecule has 0 unspecified atom stereocenters. The van der Waals surface area contributed by atoms with Crippen LogP contribution < -0.4 is 0 Å². The molecule has 0 amide bonds. The number of Topliss-reactive ketones (excluding diaryl/α,β-unsaturated/α-hetero) is 1. The number of halogens is 2. The van der Waals surface area contributed by atoms with Gasteiger partial charge in [0.25, 0.3) is 0 Å². The highest BCUT2D eigenvalue weighted by Crippen LogP contribution is 2.26. The third-order valence-corrected chi connectivity index (χ3v) is 3.80. The number of carbonyl (C=O) groups excluding carboxylic acids is 1. The van der Waals surface area contributed by atoms with Gasteiger partial charge in [-0.3, -0.25) is 4.79 Å². The molecule has 1 rings (SSSR count). The fraction of sp³-hybridized carbons (Fsp3) is 0.364. The van der Waals surface area contributed by atoms with Gasteiger partial charge in [0, 0.05) is 16.6 Å². The molecule has 0 aliphatic heterocycles. The standard InChI is InChI=1S/C11H12BrClOS/c1-15-11-4-2-3-8(10(11)6-12)5-9(14)7-13/h2-4H,5-7H2,1H3. The number of carbonyl (C=O) groups is 1. The third kappa shape index (κ3) is 3.51. The zero-order valence-corrected chi connectivity index (χ0v) is 11.6. The SMILES string of the molecule is CSc1cccc(CC(=O)CCl)c1CBr. The second-order valence-corrected chi connectivity index (χ2v) is 4.76. The lowest BCUT2D eigenvalue weighted by molar-refractivity contribution is -0.116. The minimum atomic E-state index is 0.0668. The Kier molecular flexibility index (Phi) is 5.72. The van der Waals surface area contributed by atoms with Gasteiger partial charge < -0.3 is 0 Å². The van der Waals surface area contributed by atoms with Crippen LogP contribution >= 0.6 is 39.3 Å². The summed E-state index contributed by atoms with van der Waals surface area (Å²) in [5, 5.41) is 0.773. The largest absolute Gasteiger partial charge is 0.298 e. The summed E-state index contributed by atoms with van der Waals surface area (Å²) in [5.41, 5.74) is 2.27. The van der Waals surface area contributed by atoms with Crippen LogP contribution in [0.15, 0.2) is 23.1 Å². The number of hydrogen-bond acceptors (Lipinski definition) is 2. The molecule has 0 saturated carbocycles. The Morgan fingerprint density at radius 2 is 2.27 bits per heavy atom. The van der Waals surface area contributed by atoms with Gasteiger partial charge in [0.15, 0.2) is 5.78 Å². The van der Waals surface area contributed by atoms with Crippen molar-refractivity contribution in [1.82, 2.24) is 0 Å². The van der Waals surface area contributed by atoms with E-state index in [0.29, 0.717) is 6.42 Å². The molecule has 0 aromatic heterocycles. The summed E-state index contributed by atoms with van der Waals surface area (Å²) in [6, 6.07) is 6.03. The summed E-state index contributed by atoms with van der Waals surface area (Å²) >= 11 is 10.7. The monoisotopic (exact) mass is 306 g/mol. The van der Waals surface area contributed by atoms with Gasteiger partial charge in [-0.15, -0.1) is 23.4 Å². The van der Waals surface area contributed by atoms with Crippen molar-refractivity contribution in [2.24, 2.45) is 0 Å². The maximum absolute atomic E-state index is 11.3. The molecule has 0 atom stereocenters. The molecule has 1 aromatic rings. The van der Waals surface area contributed by atoms with Crippen molar-refractivity contribution in [3.63, 3.8) is 0 Å². The molecular formula is C11H12BrClOS. The summed E-state index contributed by atoms with van der Waals surface area (Å²) in [4.78, 5) is 12.5. The Morgan fingerprint density at radius 3 is 2.80 bits per heavy atom. The Labute approximate surface area is 108 Å². The van der Waals surface area contributed by atoms with E-state index in [-0.39, 0.29) is 11.7 Å². The molecule has 0 radical (unpaired) electrons. The maximum Gasteiger partial charge on any atom is 0.151 e. The van der Waals surface area contributed by atoms with Crippen molar-refractivity contribution in [1.29, 1.82) is 0 Å². The van der Waals surface area contributed by atoms with Gasteiger partial charge >= 0.3 is 0 Å². The predicted octanol–water partition coefficient (Wildman–Crippen LogP) is 3.65. The Balaban J connectivity index is 3.00. The average molecular weight is 308 g/mol. The lowest BCUT2D eigenvalue weighted by Crippen LogP contribution is -2.06. The highest BCUT2D eigenvalue weighted by atomic mass is 79.9. The van der Waals surface area contributed by atoms with E-state index < -0.39 is 0 Å². The van der Waals surface area contributed by atoms with Crippen LogP contribution in [0.5, 0.6) is 0 Å². The van der Waals surface area contributed by atoms with Crippen LogP contribution in [-0.4, -0.2) is 17.9 Å². The number of rotatable bonds is 5. The van der Waals surface area contributed by atoms with Crippen molar-refractivity contribution >= 4 is 45.1 Å². The molecule has 0 aliphatic rings. The molecule has 1 nitrogen and oxygen atoms in total. The normalized spacial score (nSPS) is 10.3. The van der Waals surface area contributed by atoms with Crippen LogP contribution in [-0.2, 0) is 16.5 Å². The van der Waals surface area contributed by atoms with E-state index in [9.17, 15) is 4.79 Å². The molecular weight excluding hydrogens is 296 g/mol. The summed E-state index contributed by atoms with van der Waals surface area (Å²) in [6.07, 6.45) is 2.47. The summed E-state index contributed by atoms with van der Waals surface area (Å²) in [5.74, 6) is 0.155. The molecule has 4 heteroatoms. The first-order chi connectivity index (χ1) is 7.22. The Morgan fingerprint density at radius 1 is 1.53 bits per heavy atom. The summed E-state index contributed by atoms with van der Waals surface area (Å²) < 4.78 is 0. The van der Waals surface area contributed by atoms with Crippen molar-refractivity contribution < 1.29 is 4.79 Å². The van der Waals surface area contributed by atoms with Crippen molar-refractivity contribution in [3.8, 4) is 0 Å². The third-order valence-electron chi connectivity index (χ3n) is 2.12. The van der Waals surface area contributed by atoms with Crippen molar-refractivity contribution in [3.05, 3.63) is 29.3 Å². The highest BCUT2D eigenvalue weighted by Gasteiger charge is 2.09. The molecule has 82 valence electrons. The lowest BCUT2D eigenvalue weighted by Gasteiger charge is -2.10. The second-order valence-electron chi connectivity index (χ2n) is 3.08. The van der Waals surface area contributed by atoms with E-state index in [1.807, 2.05) is 18.4 Å². The molecule has 0 N–H and O–H groups in total. The molecule has 0 heterocycles. The van der Waals surface area contributed by atoms with E-state index in [1.54, 1.807) is 11.8 Å². The minimum Gasteiger partial charge on any atom is -0.298 e. The summed E-state index contributed by atoms with van der Waals surface area (Å²) in [6.45, 7) is 0. The zero-order chi connectivity index (χ0) is 11.3. The van der Waals surface area contributed by atoms with Gasteiger partial charge in [0.05, 0.1) is 5.88 Å². The lowest BCUT2D eigenvalue weighted by atomic mass is 10.0. The van der Waals surface area contributed by atoms with E-state index >= 15 is 0 Å². The fourth-order valence-electron chi connectivity index (χ4n) is 1.38. The quantitative estimate of drug-likeness (QED) is 0.610. The van der Waals surface area contributed by atoms with Gasteiger partial charge in [0.1, 0.15) is 0 Å². The molecule has 0 fully saturated rings. The number of hydrogen-bond donors (Lipinski definition) is 0. The van der Waals surface area contributed by atoms with Crippen molar-refractivity contribution in [2.45, 2.75) is 16.6 Å². The second kappa shape index (κ2) is 6.56. The van der Waals surface area contributed by atoms with Crippen LogP contribution in [0, 0.1) is 0 Å². The van der Waals surface area contributed by atoms with Crippen LogP contribution in [0.1, 0.15) is 11.1 Å². The van der Waals surface area contributed by atoms with Gasteiger partial charge in [-0.05, 0) is 23.4 Å². The van der Waals surface area contributed by atoms with E-state index in [4.69, 9.17) is 11.6 Å². The zero-order valence-electron chi connectivity index (χ0n) is 8.43. The fourth-order valence-corrected chi connectivity index (χ4v) is 2.99. The first-order valence-electron chi connectivity index (χ1n) is 4.51. The van der Waals surface area contributed by atoms with E-state index in [2.05, 4.69) is 22.0 Å². The first-order valence-corrected chi connectivity index (χ1v) is 7.39. The molecule has 15 heavy (non-hydrogen) atoms. The predicted molar refractivity (Wildman–Crippen MR) is 70.3 cm³/mol. The molecule has 0 bridgehead atoms. The van der Waals surface area contributed by atoms with Crippen LogP contribution in [0.25, 0.3) is 0 Å². The topological polar surface area (TPSA) is 17.1 Å². The highest BCUT2D eigenvalue weighted by molar-refractivity contribution is 9.08. The Bertz CT molecular complexity index is 354. The van der Waals surface area contributed by atoms with Crippen LogP contribution in [0.2, 0.25) is 0 Å². The molecule has 0 aliphatic carbocycles. The molecule has 0 spiro atoms. The first kappa shape index (κ1) is 13.1. The van der Waals surface area contributed by atoms with E-state index in [1.165, 1.54) is 10.5 Å². The van der Waals surface area contributed by atoms with E-state index in [0.717, 1.165) is 10.9 Å². The Hall–Kier alpha value is 0.01000. The number of thioether (sulfide) groups is 1. The van der Waals surface area contributed by atoms with Crippen LogP contribution in [0.3, 0.4) is 0 Å². The van der Waals surface area contributed by atoms with Gasteiger partial charge in [-0.25, -0.2) is 0 Å². The average Bonchev–Trinajstić information content (AvgIpc) is 2.28. The minimum absolute atomic E-state index is 0.0668. The smallest absolute Gasteiger partial charge is 0.151 e. The van der Waals surface area contributed by atoms with Crippen LogP contribution in [0.4, 0.5) is 0 Å². The maximum atomic E-state index is 11.3. The molecule has 0 saturated heterocycles. The van der Waals surface area contributed by atoms with Gasteiger partial charge in [0.2, 0.25) is 0 Å². The number of alkyl halides is 2. The summed E-state index contributed by atoms with van der Waals surface area (Å²) in [7, 11) is 0. The number of ketones is 1. The van der Waals surface area contributed by atoms with Gasteiger partial charge in [-0.2, -0.15) is 0 Å². The van der Waals surface area contributed by atoms with Crippen molar-refractivity contribution in [2.75, 3.05) is 12.1 Å².